The maximum absolute atomic E-state index is 5.81. The summed E-state index contributed by atoms with van der Waals surface area (Å²) in [5, 5.41) is 0. The lowest BCUT2D eigenvalue weighted by molar-refractivity contribution is 0.546. The average Bonchev–Trinajstić information content (AvgIpc) is 3.09. The van der Waals surface area contributed by atoms with E-state index in [0.29, 0.717) is 0 Å². The third-order valence-electron chi connectivity index (χ3n) is 3.88. The van der Waals surface area contributed by atoms with Crippen molar-refractivity contribution < 1.29 is 4.42 Å². The first-order valence-electron chi connectivity index (χ1n) is 7.84. The first-order chi connectivity index (χ1) is 11.8. The van der Waals surface area contributed by atoms with Gasteiger partial charge in [-0.1, -0.05) is 0 Å². The van der Waals surface area contributed by atoms with Crippen LogP contribution in [0.2, 0.25) is 0 Å². The van der Waals surface area contributed by atoms with Gasteiger partial charge in [0.1, 0.15) is 11.5 Å². The Morgan fingerprint density at radius 1 is 1.08 bits per heavy atom. The Labute approximate surface area is 144 Å². The van der Waals surface area contributed by atoms with Crippen molar-refractivity contribution in [3.05, 3.63) is 42.7 Å². The van der Waals surface area contributed by atoms with E-state index in [-0.39, 0.29) is 0 Å². The number of hydrogen-bond donors (Lipinski definition) is 0. The largest absolute Gasteiger partial charge is 0.460 e. The molecular formula is C17H17N5OS. The zero-order valence-electron chi connectivity index (χ0n) is 13.3. The Bertz CT molecular complexity index is 830. The lowest BCUT2D eigenvalue weighted by atomic mass is 10.1. The summed E-state index contributed by atoms with van der Waals surface area (Å²) >= 11 is 1.96. The fourth-order valence-electron chi connectivity index (χ4n) is 2.66. The highest BCUT2D eigenvalue weighted by molar-refractivity contribution is 7.99. The molecule has 6 nitrogen and oxygen atoms in total. The zero-order valence-corrected chi connectivity index (χ0v) is 14.2. The molecule has 1 aliphatic rings. The first-order valence-corrected chi connectivity index (χ1v) is 8.99. The summed E-state index contributed by atoms with van der Waals surface area (Å²) in [7, 11) is 0. The number of thioether (sulfide) groups is 1. The van der Waals surface area contributed by atoms with Gasteiger partial charge in [-0.2, -0.15) is 11.8 Å². The minimum absolute atomic E-state index is 0.725. The van der Waals surface area contributed by atoms with Crippen molar-refractivity contribution in [3.8, 4) is 22.7 Å². The van der Waals surface area contributed by atoms with Gasteiger partial charge in [0.2, 0.25) is 5.95 Å². The van der Waals surface area contributed by atoms with E-state index in [1.165, 1.54) is 0 Å². The van der Waals surface area contributed by atoms with Gasteiger partial charge in [-0.15, -0.1) is 0 Å². The molecule has 0 atom stereocenters. The lowest BCUT2D eigenvalue weighted by Crippen LogP contribution is -2.33. The Hall–Kier alpha value is -2.41. The van der Waals surface area contributed by atoms with Crippen molar-refractivity contribution in [2.45, 2.75) is 6.92 Å². The van der Waals surface area contributed by atoms with Crippen molar-refractivity contribution in [1.29, 1.82) is 0 Å². The van der Waals surface area contributed by atoms with Crippen LogP contribution >= 0.6 is 11.8 Å². The van der Waals surface area contributed by atoms with Crippen LogP contribution in [0.1, 0.15) is 5.76 Å². The molecule has 7 heteroatoms. The smallest absolute Gasteiger partial charge is 0.226 e. The second kappa shape index (κ2) is 6.60. The van der Waals surface area contributed by atoms with E-state index < -0.39 is 0 Å². The number of anilines is 1. The molecule has 0 saturated carbocycles. The Morgan fingerprint density at radius 3 is 2.67 bits per heavy atom. The SMILES string of the molecule is Cc1ccc(-c2nc(N3CCSCC3)ncc2-c2cnccn2)o1. The molecule has 24 heavy (non-hydrogen) atoms. The average molecular weight is 339 g/mol. The predicted molar refractivity (Wildman–Crippen MR) is 95.0 cm³/mol. The van der Waals surface area contributed by atoms with Gasteiger partial charge in [-0.05, 0) is 19.1 Å². The van der Waals surface area contributed by atoms with Crippen LogP contribution in [0, 0.1) is 6.92 Å². The van der Waals surface area contributed by atoms with Crippen LogP contribution < -0.4 is 4.90 Å². The summed E-state index contributed by atoms with van der Waals surface area (Å²) in [4.78, 5) is 20.1. The molecule has 4 rings (SSSR count). The topological polar surface area (TPSA) is 67.9 Å². The highest BCUT2D eigenvalue weighted by atomic mass is 32.2. The van der Waals surface area contributed by atoms with Gasteiger partial charge in [-0.25, -0.2) is 9.97 Å². The second-order valence-electron chi connectivity index (χ2n) is 5.53. The number of rotatable bonds is 3. The minimum Gasteiger partial charge on any atom is -0.460 e. The maximum atomic E-state index is 5.81. The van der Waals surface area contributed by atoms with Crippen LogP contribution in [0.3, 0.4) is 0 Å². The van der Waals surface area contributed by atoms with Gasteiger partial charge >= 0.3 is 0 Å². The zero-order chi connectivity index (χ0) is 16.4. The molecule has 122 valence electrons. The standard InChI is InChI=1S/C17H17N5OS/c1-12-2-3-15(23-12)16-13(14-11-18-4-5-19-14)10-20-17(21-16)22-6-8-24-9-7-22/h2-5,10-11H,6-9H2,1H3. The normalized spacial score (nSPS) is 14.8. The Balaban J connectivity index is 1.81. The number of furan rings is 1. The molecule has 1 saturated heterocycles. The Morgan fingerprint density at radius 2 is 1.96 bits per heavy atom. The van der Waals surface area contributed by atoms with Gasteiger partial charge in [0.25, 0.3) is 0 Å². The van der Waals surface area contributed by atoms with Gasteiger partial charge in [0.05, 0.1) is 11.9 Å². The number of aryl methyl sites for hydroxylation is 1. The molecule has 1 fully saturated rings. The van der Waals surface area contributed by atoms with Crippen LogP contribution in [0.15, 0.2) is 41.3 Å². The van der Waals surface area contributed by atoms with Crippen molar-refractivity contribution in [2.75, 3.05) is 29.5 Å². The highest BCUT2D eigenvalue weighted by Crippen LogP contribution is 2.31. The predicted octanol–water partition coefficient (Wildman–Crippen LogP) is 3.06. The summed E-state index contributed by atoms with van der Waals surface area (Å²) < 4.78 is 5.81. The fourth-order valence-corrected chi connectivity index (χ4v) is 3.57. The number of nitrogens with zero attached hydrogens (tertiary/aromatic N) is 5. The van der Waals surface area contributed by atoms with Crippen LogP contribution in [0.4, 0.5) is 5.95 Å². The van der Waals surface area contributed by atoms with E-state index in [4.69, 9.17) is 9.40 Å². The quantitative estimate of drug-likeness (QED) is 0.726. The monoisotopic (exact) mass is 339 g/mol. The summed E-state index contributed by atoms with van der Waals surface area (Å²) in [5.41, 5.74) is 2.32. The summed E-state index contributed by atoms with van der Waals surface area (Å²) in [6, 6.07) is 3.88. The van der Waals surface area contributed by atoms with Crippen molar-refractivity contribution in [3.63, 3.8) is 0 Å². The van der Waals surface area contributed by atoms with E-state index in [2.05, 4.69) is 19.9 Å². The lowest BCUT2D eigenvalue weighted by Gasteiger charge is -2.26. The maximum Gasteiger partial charge on any atom is 0.226 e. The molecule has 1 aliphatic heterocycles. The van der Waals surface area contributed by atoms with Gasteiger partial charge < -0.3 is 9.32 Å². The van der Waals surface area contributed by atoms with Crippen LogP contribution in [-0.4, -0.2) is 44.5 Å². The number of aromatic nitrogens is 4. The molecule has 0 unspecified atom stereocenters. The van der Waals surface area contributed by atoms with E-state index in [9.17, 15) is 0 Å². The van der Waals surface area contributed by atoms with E-state index in [1.807, 2.05) is 37.0 Å². The van der Waals surface area contributed by atoms with Crippen molar-refractivity contribution >= 4 is 17.7 Å². The third kappa shape index (κ3) is 2.99. The molecule has 0 bridgehead atoms. The summed E-state index contributed by atoms with van der Waals surface area (Å²) in [6.07, 6.45) is 6.86. The molecule has 0 aliphatic carbocycles. The third-order valence-corrected chi connectivity index (χ3v) is 4.83. The molecule has 0 N–H and O–H groups in total. The van der Waals surface area contributed by atoms with Crippen LogP contribution in [0.25, 0.3) is 22.7 Å². The number of hydrogen-bond acceptors (Lipinski definition) is 7. The molecule has 4 heterocycles. The van der Waals surface area contributed by atoms with Crippen LogP contribution in [0.5, 0.6) is 0 Å². The van der Waals surface area contributed by atoms with Gasteiger partial charge in [-0.3, -0.25) is 9.97 Å². The van der Waals surface area contributed by atoms with Crippen molar-refractivity contribution in [1.82, 2.24) is 19.9 Å². The molecular weight excluding hydrogens is 322 g/mol. The first kappa shape index (κ1) is 15.1. The minimum atomic E-state index is 0.725. The van der Waals surface area contributed by atoms with E-state index in [1.54, 1.807) is 18.6 Å². The van der Waals surface area contributed by atoms with Gasteiger partial charge in [0, 0.05) is 48.7 Å². The highest BCUT2D eigenvalue weighted by Gasteiger charge is 2.19. The molecule has 0 radical (unpaired) electrons. The molecule has 0 aromatic carbocycles. The van der Waals surface area contributed by atoms with Crippen molar-refractivity contribution in [2.24, 2.45) is 0 Å². The Kier molecular flexibility index (Phi) is 4.17. The molecule has 3 aromatic rings. The van der Waals surface area contributed by atoms with E-state index in [0.717, 1.165) is 59.0 Å². The molecule has 0 amide bonds. The summed E-state index contributed by atoms with van der Waals surface area (Å²) in [6.45, 7) is 3.85. The van der Waals surface area contributed by atoms with Gasteiger partial charge in [0.15, 0.2) is 5.76 Å². The fraction of sp³-hybridized carbons (Fsp3) is 0.294. The molecule has 3 aromatic heterocycles. The summed E-state index contributed by atoms with van der Waals surface area (Å²) in [5.74, 6) is 4.52. The molecule has 0 spiro atoms. The second-order valence-corrected chi connectivity index (χ2v) is 6.76. The van der Waals surface area contributed by atoms with E-state index >= 15 is 0 Å². The van der Waals surface area contributed by atoms with Crippen LogP contribution in [-0.2, 0) is 0 Å².